The molecule has 0 bridgehead atoms. The zero-order valence-electron chi connectivity index (χ0n) is 11.5. The lowest BCUT2D eigenvalue weighted by molar-refractivity contribution is -0.115. The molecule has 0 unspecified atom stereocenters. The van der Waals surface area contributed by atoms with E-state index in [1.807, 2.05) is 37.3 Å². The normalized spacial score (nSPS) is 12.0. The van der Waals surface area contributed by atoms with E-state index in [0.29, 0.717) is 5.69 Å². The average molecular weight is 324 g/mol. The zero-order valence-corrected chi connectivity index (χ0v) is 13.0. The molecule has 0 spiro atoms. The van der Waals surface area contributed by atoms with Crippen molar-refractivity contribution in [3.63, 3.8) is 0 Å². The minimum Gasteiger partial charge on any atom is -0.324 e. The van der Waals surface area contributed by atoms with Gasteiger partial charge in [0.15, 0.2) is 0 Å². The van der Waals surface area contributed by atoms with Gasteiger partial charge in [0.1, 0.15) is 5.82 Å². The zero-order chi connectivity index (χ0) is 15.2. The Balaban J connectivity index is 1.90. The molecule has 2 rings (SSSR count). The standard InChI is InChI=1S/C16H15ClFNOS/c1-11(21-10-12-5-3-2-4-6-12)16(20)19-15-8-7-13(18)9-14(15)17/h2-9,11H,10H2,1H3,(H,19,20)/t11-/m0/s1. The molecule has 110 valence electrons. The first kappa shape index (κ1) is 15.9. The lowest BCUT2D eigenvalue weighted by Crippen LogP contribution is -2.22. The molecule has 0 saturated carbocycles. The fourth-order valence-electron chi connectivity index (χ4n) is 1.70. The Morgan fingerprint density at radius 3 is 2.67 bits per heavy atom. The van der Waals surface area contributed by atoms with Crippen LogP contribution in [0, 0.1) is 5.82 Å². The van der Waals surface area contributed by atoms with Crippen LogP contribution in [-0.4, -0.2) is 11.2 Å². The van der Waals surface area contributed by atoms with Crippen molar-refractivity contribution >= 4 is 35.0 Å². The number of anilines is 1. The second kappa shape index (κ2) is 7.48. The SMILES string of the molecule is C[C@H](SCc1ccccc1)C(=O)Nc1ccc(F)cc1Cl. The first-order valence-corrected chi connectivity index (χ1v) is 7.90. The molecule has 2 aromatic rings. The highest BCUT2D eigenvalue weighted by atomic mass is 35.5. The molecule has 0 aromatic heterocycles. The van der Waals surface area contributed by atoms with Crippen molar-refractivity contribution < 1.29 is 9.18 Å². The van der Waals surface area contributed by atoms with Crippen molar-refractivity contribution in [2.45, 2.75) is 17.9 Å². The van der Waals surface area contributed by atoms with E-state index < -0.39 is 5.82 Å². The molecule has 1 atom stereocenters. The number of thioether (sulfide) groups is 1. The lowest BCUT2D eigenvalue weighted by atomic mass is 10.2. The summed E-state index contributed by atoms with van der Waals surface area (Å²) in [5, 5.41) is 2.68. The summed E-state index contributed by atoms with van der Waals surface area (Å²) in [6.45, 7) is 1.83. The Kier molecular flexibility index (Phi) is 5.65. The molecule has 1 N–H and O–H groups in total. The van der Waals surface area contributed by atoms with E-state index in [0.717, 1.165) is 5.75 Å². The predicted molar refractivity (Wildman–Crippen MR) is 87.2 cm³/mol. The summed E-state index contributed by atoms with van der Waals surface area (Å²) in [5.41, 5.74) is 1.59. The number of carbonyl (C=O) groups is 1. The van der Waals surface area contributed by atoms with Crippen molar-refractivity contribution in [3.05, 3.63) is 64.9 Å². The van der Waals surface area contributed by atoms with E-state index in [2.05, 4.69) is 5.32 Å². The maximum absolute atomic E-state index is 13.0. The van der Waals surface area contributed by atoms with E-state index in [-0.39, 0.29) is 16.2 Å². The molecular weight excluding hydrogens is 309 g/mol. The molecule has 0 aliphatic heterocycles. The van der Waals surface area contributed by atoms with Gasteiger partial charge in [-0.1, -0.05) is 41.9 Å². The van der Waals surface area contributed by atoms with Crippen LogP contribution in [0.4, 0.5) is 10.1 Å². The van der Waals surface area contributed by atoms with E-state index in [9.17, 15) is 9.18 Å². The van der Waals surface area contributed by atoms with Crippen LogP contribution in [0.5, 0.6) is 0 Å². The molecule has 2 aromatic carbocycles. The van der Waals surface area contributed by atoms with Crippen molar-refractivity contribution in [1.82, 2.24) is 0 Å². The van der Waals surface area contributed by atoms with Gasteiger partial charge in [-0.15, -0.1) is 11.8 Å². The van der Waals surface area contributed by atoms with Gasteiger partial charge in [-0.05, 0) is 30.7 Å². The van der Waals surface area contributed by atoms with Gasteiger partial charge in [-0.25, -0.2) is 4.39 Å². The van der Waals surface area contributed by atoms with Crippen LogP contribution < -0.4 is 5.32 Å². The lowest BCUT2D eigenvalue weighted by Gasteiger charge is -2.13. The van der Waals surface area contributed by atoms with Gasteiger partial charge in [0, 0.05) is 5.75 Å². The Hall–Kier alpha value is -1.52. The molecule has 0 fully saturated rings. The van der Waals surface area contributed by atoms with E-state index in [1.165, 1.54) is 35.5 Å². The molecular formula is C16H15ClFNOS. The third-order valence-corrected chi connectivity index (χ3v) is 4.43. The van der Waals surface area contributed by atoms with Crippen molar-refractivity contribution in [2.24, 2.45) is 0 Å². The fourth-order valence-corrected chi connectivity index (χ4v) is 2.76. The Morgan fingerprint density at radius 1 is 1.29 bits per heavy atom. The molecule has 0 radical (unpaired) electrons. The van der Waals surface area contributed by atoms with Crippen LogP contribution in [0.25, 0.3) is 0 Å². The minimum absolute atomic E-state index is 0.149. The number of rotatable bonds is 5. The van der Waals surface area contributed by atoms with Crippen molar-refractivity contribution in [1.29, 1.82) is 0 Å². The number of amides is 1. The van der Waals surface area contributed by atoms with Crippen LogP contribution in [0.3, 0.4) is 0 Å². The van der Waals surface area contributed by atoms with Crippen LogP contribution >= 0.6 is 23.4 Å². The number of benzene rings is 2. The summed E-state index contributed by atoms with van der Waals surface area (Å²) in [5.74, 6) is 0.181. The van der Waals surface area contributed by atoms with Crippen LogP contribution in [0.2, 0.25) is 5.02 Å². The molecule has 1 amide bonds. The summed E-state index contributed by atoms with van der Waals surface area (Å²) in [4.78, 5) is 12.1. The van der Waals surface area contributed by atoms with E-state index in [1.54, 1.807) is 0 Å². The number of hydrogen-bond donors (Lipinski definition) is 1. The Bertz CT molecular complexity index is 621. The van der Waals surface area contributed by atoms with Crippen LogP contribution in [0.15, 0.2) is 48.5 Å². The topological polar surface area (TPSA) is 29.1 Å². The molecule has 0 aliphatic rings. The van der Waals surface area contributed by atoms with E-state index >= 15 is 0 Å². The van der Waals surface area contributed by atoms with Crippen molar-refractivity contribution in [2.75, 3.05) is 5.32 Å². The maximum Gasteiger partial charge on any atom is 0.237 e. The highest BCUT2D eigenvalue weighted by Gasteiger charge is 2.15. The number of halogens is 2. The largest absolute Gasteiger partial charge is 0.324 e. The maximum atomic E-state index is 13.0. The third-order valence-electron chi connectivity index (χ3n) is 2.90. The molecule has 0 aliphatic carbocycles. The summed E-state index contributed by atoms with van der Waals surface area (Å²) in [6.07, 6.45) is 0. The van der Waals surface area contributed by atoms with Crippen molar-refractivity contribution in [3.8, 4) is 0 Å². The quantitative estimate of drug-likeness (QED) is 0.861. The monoisotopic (exact) mass is 323 g/mol. The number of hydrogen-bond acceptors (Lipinski definition) is 2. The van der Waals surface area contributed by atoms with Gasteiger partial charge in [0.25, 0.3) is 0 Å². The molecule has 21 heavy (non-hydrogen) atoms. The third kappa shape index (κ3) is 4.76. The van der Waals surface area contributed by atoms with Crippen LogP contribution in [-0.2, 0) is 10.5 Å². The highest BCUT2D eigenvalue weighted by molar-refractivity contribution is 7.99. The second-order valence-electron chi connectivity index (χ2n) is 4.55. The first-order chi connectivity index (χ1) is 10.1. The molecule has 5 heteroatoms. The number of carbonyl (C=O) groups excluding carboxylic acids is 1. The van der Waals surface area contributed by atoms with Gasteiger partial charge in [0.2, 0.25) is 5.91 Å². The predicted octanol–water partition coefficient (Wildman–Crippen LogP) is 4.74. The fraction of sp³-hybridized carbons (Fsp3) is 0.188. The van der Waals surface area contributed by atoms with Gasteiger partial charge in [0.05, 0.1) is 16.0 Å². The second-order valence-corrected chi connectivity index (χ2v) is 6.29. The van der Waals surface area contributed by atoms with Gasteiger partial charge >= 0.3 is 0 Å². The Labute approximate surface area is 132 Å². The highest BCUT2D eigenvalue weighted by Crippen LogP contribution is 2.24. The smallest absolute Gasteiger partial charge is 0.237 e. The first-order valence-electron chi connectivity index (χ1n) is 6.47. The van der Waals surface area contributed by atoms with Crippen LogP contribution in [0.1, 0.15) is 12.5 Å². The van der Waals surface area contributed by atoms with Gasteiger partial charge < -0.3 is 5.32 Å². The molecule has 2 nitrogen and oxygen atoms in total. The minimum atomic E-state index is -0.426. The van der Waals surface area contributed by atoms with Gasteiger partial charge in [-0.3, -0.25) is 4.79 Å². The summed E-state index contributed by atoms with van der Waals surface area (Å²) < 4.78 is 13.0. The number of nitrogens with one attached hydrogen (secondary N) is 1. The summed E-state index contributed by atoms with van der Waals surface area (Å²) in [6, 6.07) is 13.9. The molecule has 0 saturated heterocycles. The summed E-state index contributed by atoms with van der Waals surface area (Å²) >= 11 is 7.43. The summed E-state index contributed by atoms with van der Waals surface area (Å²) in [7, 11) is 0. The van der Waals surface area contributed by atoms with E-state index in [4.69, 9.17) is 11.6 Å². The van der Waals surface area contributed by atoms with Gasteiger partial charge in [-0.2, -0.15) is 0 Å². The Morgan fingerprint density at radius 2 is 2.00 bits per heavy atom. The average Bonchev–Trinajstić information content (AvgIpc) is 2.48. The molecule has 0 heterocycles.